The van der Waals surface area contributed by atoms with Crippen LogP contribution in [-0.2, 0) is 20.8 Å². The summed E-state index contributed by atoms with van der Waals surface area (Å²) in [5, 5.41) is 48.0. The maximum atomic E-state index is 14.0. The zero-order valence-electron chi connectivity index (χ0n) is 22.8. The molecule has 7 N–H and O–H groups in total. The Morgan fingerprint density at radius 3 is 2.39 bits per heavy atom. The summed E-state index contributed by atoms with van der Waals surface area (Å²) in [6, 6.07) is 3.29. The molecule has 13 nitrogen and oxygen atoms in total. The largest absolute Gasteiger partial charge is 0.508 e. The third kappa shape index (κ3) is 3.91. The minimum Gasteiger partial charge on any atom is -0.508 e. The highest BCUT2D eigenvalue weighted by Gasteiger charge is 2.64. The van der Waals surface area contributed by atoms with Crippen LogP contribution in [0.2, 0.25) is 0 Å². The number of fused-ring (bicyclic) bond motifs is 3. The SMILES string of the molecule is CN(C)c1cc(NC(=O)c2ccco2)c(O)c2c1CC1CC3[C@H](N(C)C)C(=O)C(C(N)=O)=C(O)[C@@]3(O)C(=O)C1=C2O. The Labute approximate surface area is 234 Å². The molecule has 0 radical (unpaired) electrons. The van der Waals surface area contributed by atoms with E-state index in [0.717, 1.165) is 0 Å². The van der Waals surface area contributed by atoms with E-state index < -0.39 is 69.7 Å². The number of nitrogens with zero attached hydrogens (tertiary/aromatic N) is 2. The molecule has 3 aliphatic carbocycles. The number of ketones is 2. The number of benzene rings is 1. The molecule has 3 aliphatic rings. The number of rotatable bonds is 5. The molecule has 5 rings (SSSR count). The lowest BCUT2D eigenvalue weighted by atomic mass is 9.57. The normalized spacial score (nSPS) is 25.6. The lowest BCUT2D eigenvalue weighted by Gasteiger charge is -2.50. The first-order valence-corrected chi connectivity index (χ1v) is 12.8. The van der Waals surface area contributed by atoms with Gasteiger partial charge >= 0.3 is 0 Å². The van der Waals surface area contributed by atoms with Crippen LogP contribution in [0.15, 0.2) is 45.8 Å². The molecule has 0 spiro atoms. The summed E-state index contributed by atoms with van der Waals surface area (Å²) in [4.78, 5) is 55.2. The van der Waals surface area contributed by atoms with Gasteiger partial charge in [-0.25, -0.2) is 0 Å². The standard InChI is InChI=1S/C28H30N4O9/c1-31(2)15-10-14(30-27(39)16-6-5-7-41-16)21(33)18-12(15)8-11-9-13-20(32(3)4)23(35)19(26(29)38)25(37)28(13,40)24(36)17(11)22(18)34/h5-7,10-11,13,20,33-34,37,40H,8-9H2,1-4H3,(H2,29,38)(H,30,39)/t11?,13?,20-,28-/m0/s1. The number of nitrogens with two attached hydrogens (primary N) is 1. The summed E-state index contributed by atoms with van der Waals surface area (Å²) in [7, 11) is 6.52. The van der Waals surface area contributed by atoms with Crippen molar-refractivity contribution in [1.82, 2.24) is 4.90 Å². The predicted octanol–water partition coefficient (Wildman–Crippen LogP) is 0.875. The number of primary amides is 1. The third-order valence-electron chi connectivity index (χ3n) is 8.17. The highest BCUT2D eigenvalue weighted by molar-refractivity contribution is 6.24. The quantitative estimate of drug-likeness (QED) is 0.221. The Morgan fingerprint density at radius 1 is 1.15 bits per heavy atom. The number of carbonyl (C=O) groups excluding carboxylic acids is 4. The zero-order valence-corrected chi connectivity index (χ0v) is 22.8. The number of phenolic OH excluding ortho intramolecular Hbond substituents is 1. The number of nitrogens with one attached hydrogen (secondary N) is 1. The molecule has 216 valence electrons. The molecular weight excluding hydrogens is 536 g/mol. The van der Waals surface area contributed by atoms with E-state index in [1.165, 1.54) is 43.5 Å². The maximum Gasteiger partial charge on any atom is 0.291 e. The summed E-state index contributed by atoms with van der Waals surface area (Å²) in [6.45, 7) is 0. The second-order valence-corrected chi connectivity index (χ2v) is 10.9. The highest BCUT2D eigenvalue weighted by atomic mass is 16.4. The summed E-state index contributed by atoms with van der Waals surface area (Å²) in [6.07, 6.45) is 1.39. The van der Waals surface area contributed by atoms with Crippen molar-refractivity contribution in [3.63, 3.8) is 0 Å². The fourth-order valence-corrected chi connectivity index (χ4v) is 6.38. The number of likely N-dealkylation sites (N-methyl/N-ethyl adjacent to an activating group) is 1. The van der Waals surface area contributed by atoms with Crippen molar-refractivity contribution < 1.29 is 44.0 Å². The number of hydrogen-bond donors (Lipinski definition) is 6. The molecule has 4 atom stereocenters. The number of amides is 2. The molecule has 13 heteroatoms. The van der Waals surface area contributed by atoms with Crippen LogP contribution < -0.4 is 16.0 Å². The molecule has 1 fully saturated rings. The predicted molar refractivity (Wildman–Crippen MR) is 145 cm³/mol. The molecule has 2 amide bonds. The van der Waals surface area contributed by atoms with Crippen LogP contribution in [0.1, 0.15) is 28.1 Å². The Bertz CT molecular complexity index is 1570. The van der Waals surface area contributed by atoms with Gasteiger partial charge in [-0.05, 0) is 56.6 Å². The van der Waals surface area contributed by atoms with Gasteiger partial charge in [0, 0.05) is 31.3 Å². The lowest BCUT2D eigenvalue weighted by molar-refractivity contribution is -0.153. The number of aliphatic hydroxyl groups excluding tert-OH is 2. The summed E-state index contributed by atoms with van der Waals surface area (Å²) in [5.74, 6) is -8.19. The topological polar surface area (TPSA) is 207 Å². The summed E-state index contributed by atoms with van der Waals surface area (Å²) in [5.41, 5.74) is 2.23. The zero-order chi connectivity index (χ0) is 30.1. The van der Waals surface area contributed by atoms with E-state index in [0.29, 0.717) is 11.3 Å². The van der Waals surface area contributed by atoms with E-state index in [1.807, 2.05) is 0 Å². The van der Waals surface area contributed by atoms with E-state index in [1.54, 1.807) is 19.0 Å². The van der Waals surface area contributed by atoms with Gasteiger partial charge in [0.2, 0.25) is 5.78 Å². The number of carbonyl (C=O) groups is 4. The van der Waals surface area contributed by atoms with Gasteiger partial charge in [0.1, 0.15) is 22.8 Å². The van der Waals surface area contributed by atoms with E-state index in [4.69, 9.17) is 10.2 Å². The summed E-state index contributed by atoms with van der Waals surface area (Å²) >= 11 is 0. The molecule has 0 aliphatic heterocycles. The van der Waals surface area contributed by atoms with Crippen LogP contribution >= 0.6 is 0 Å². The van der Waals surface area contributed by atoms with Crippen LogP contribution in [0.25, 0.3) is 5.76 Å². The minimum atomic E-state index is -2.74. The van der Waals surface area contributed by atoms with Gasteiger partial charge in [0.05, 0.1) is 23.6 Å². The molecule has 1 saturated carbocycles. The molecular formula is C28H30N4O9. The molecule has 2 aromatic rings. The van der Waals surface area contributed by atoms with Crippen molar-refractivity contribution in [2.45, 2.75) is 24.5 Å². The maximum absolute atomic E-state index is 14.0. The molecule has 1 aromatic heterocycles. The van der Waals surface area contributed by atoms with Gasteiger partial charge in [-0.1, -0.05) is 0 Å². The first-order valence-electron chi connectivity index (χ1n) is 12.8. The molecule has 1 aromatic carbocycles. The second kappa shape index (κ2) is 9.49. The van der Waals surface area contributed by atoms with Crippen molar-refractivity contribution in [2.75, 3.05) is 38.4 Å². The van der Waals surface area contributed by atoms with Crippen LogP contribution in [0.5, 0.6) is 5.75 Å². The number of furan rings is 1. The first-order chi connectivity index (χ1) is 19.2. The minimum absolute atomic E-state index is 0.0262. The molecule has 41 heavy (non-hydrogen) atoms. The molecule has 0 saturated heterocycles. The molecule has 1 heterocycles. The van der Waals surface area contributed by atoms with Gasteiger partial charge < -0.3 is 40.8 Å². The van der Waals surface area contributed by atoms with Gasteiger partial charge in [-0.3, -0.25) is 24.1 Å². The molecule has 2 unspecified atom stereocenters. The monoisotopic (exact) mass is 566 g/mol. The van der Waals surface area contributed by atoms with E-state index in [-0.39, 0.29) is 35.4 Å². The Hall–Kier alpha value is -4.62. The van der Waals surface area contributed by atoms with Crippen LogP contribution in [0.3, 0.4) is 0 Å². The van der Waals surface area contributed by atoms with Crippen molar-refractivity contribution >= 4 is 40.5 Å². The van der Waals surface area contributed by atoms with Gasteiger partial charge in [0.15, 0.2) is 17.1 Å². The second-order valence-electron chi connectivity index (χ2n) is 10.9. The van der Waals surface area contributed by atoms with E-state index in [9.17, 15) is 39.6 Å². The number of Topliss-reactive ketones (excluding diaryl/α,β-unsaturated/α-hetero) is 2. The van der Waals surface area contributed by atoms with Crippen molar-refractivity contribution in [3.8, 4) is 5.75 Å². The average Bonchev–Trinajstić information content (AvgIpc) is 3.42. The third-order valence-corrected chi connectivity index (χ3v) is 8.17. The van der Waals surface area contributed by atoms with E-state index in [2.05, 4.69) is 5.32 Å². The number of aromatic hydroxyl groups is 1. The summed E-state index contributed by atoms with van der Waals surface area (Å²) < 4.78 is 5.11. The average molecular weight is 567 g/mol. The van der Waals surface area contributed by atoms with Gasteiger partial charge in [-0.15, -0.1) is 0 Å². The van der Waals surface area contributed by atoms with Crippen LogP contribution in [0.4, 0.5) is 11.4 Å². The first kappa shape index (κ1) is 27.9. The number of hydrogen-bond acceptors (Lipinski definition) is 11. The Balaban J connectivity index is 1.71. The number of phenols is 1. The fraction of sp³-hybridized carbons (Fsp3) is 0.357. The number of aliphatic hydroxyl groups is 3. The van der Waals surface area contributed by atoms with Gasteiger partial charge in [0.25, 0.3) is 11.8 Å². The van der Waals surface area contributed by atoms with Crippen LogP contribution in [-0.4, -0.2) is 88.5 Å². The van der Waals surface area contributed by atoms with Crippen molar-refractivity contribution in [1.29, 1.82) is 0 Å². The fourth-order valence-electron chi connectivity index (χ4n) is 6.38. The Kier molecular flexibility index (Phi) is 6.46. The smallest absolute Gasteiger partial charge is 0.291 e. The number of anilines is 2. The van der Waals surface area contributed by atoms with E-state index >= 15 is 0 Å². The Morgan fingerprint density at radius 2 is 1.83 bits per heavy atom. The molecule has 0 bridgehead atoms. The lowest BCUT2D eigenvalue weighted by Crippen LogP contribution is -2.65. The van der Waals surface area contributed by atoms with Crippen molar-refractivity contribution in [2.24, 2.45) is 17.6 Å². The van der Waals surface area contributed by atoms with Crippen molar-refractivity contribution in [3.05, 3.63) is 58.3 Å². The van der Waals surface area contributed by atoms with Crippen LogP contribution in [0, 0.1) is 11.8 Å². The van der Waals surface area contributed by atoms with Gasteiger partial charge in [-0.2, -0.15) is 0 Å². The highest BCUT2D eigenvalue weighted by Crippen LogP contribution is 2.54.